The number of nitrogens with one attached hydrogen (secondary N) is 1. The molecule has 0 saturated carbocycles. The van der Waals surface area contributed by atoms with E-state index in [1.54, 1.807) is 16.0 Å². The number of aromatic nitrogens is 3. The van der Waals surface area contributed by atoms with Crippen LogP contribution >= 0.6 is 11.3 Å². The summed E-state index contributed by atoms with van der Waals surface area (Å²) in [7, 11) is 0. The molecule has 1 fully saturated rings. The Morgan fingerprint density at radius 3 is 2.64 bits per heavy atom. The predicted molar refractivity (Wildman–Crippen MR) is 113 cm³/mol. The van der Waals surface area contributed by atoms with E-state index in [-0.39, 0.29) is 5.91 Å². The summed E-state index contributed by atoms with van der Waals surface area (Å²) < 4.78 is 1.74. The molecule has 7 heteroatoms. The molecule has 1 aliphatic rings. The lowest BCUT2D eigenvalue weighted by atomic mass is 10.1. The van der Waals surface area contributed by atoms with Crippen molar-refractivity contribution in [3.8, 4) is 0 Å². The monoisotopic (exact) mass is 395 g/mol. The van der Waals surface area contributed by atoms with Crippen molar-refractivity contribution in [2.24, 2.45) is 0 Å². The first-order chi connectivity index (χ1) is 13.6. The molecule has 0 unspecified atom stereocenters. The van der Waals surface area contributed by atoms with E-state index in [0.29, 0.717) is 12.2 Å². The quantitative estimate of drug-likeness (QED) is 0.702. The highest BCUT2D eigenvalue weighted by Crippen LogP contribution is 2.24. The van der Waals surface area contributed by atoms with Crippen molar-refractivity contribution in [1.82, 2.24) is 14.8 Å². The molecule has 1 aliphatic heterocycles. The molecule has 6 nitrogen and oxygen atoms in total. The van der Waals surface area contributed by atoms with Gasteiger partial charge in [-0.3, -0.25) is 9.48 Å². The fourth-order valence-electron chi connectivity index (χ4n) is 3.43. The first-order valence-electron chi connectivity index (χ1n) is 9.70. The van der Waals surface area contributed by atoms with Crippen LogP contribution in [0.1, 0.15) is 46.7 Å². The summed E-state index contributed by atoms with van der Waals surface area (Å²) in [6.45, 7) is 6.58. The van der Waals surface area contributed by atoms with Gasteiger partial charge in [0.05, 0.1) is 17.9 Å². The van der Waals surface area contributed by atoms with Gasteiger partial charge in [0.25, 0.3) is 5.91 Å². The number of rotatable bonds is 5. The van der Waals surface area contributed by atoms with Crippen molar-refractivity contribution in [3.63, 3.8) is 0 Å². The predicted octanol–water partition coefficient (Wildman–Crippen LogP) is 4.25. The topological polar surface area (TPSA) is 63.1 Å². The van der Waals surface area contributed by atoms with Gasteiger partial charge in [-0.05, 0) is 51.3 Å². The van der Waals surface area contributed by atoms with Crippen LogP contribution in [0.25, 0.3) is 0 Å². The van der Waals surface area contributed by atoms with Crippen LogP contribution in [0.4, 0.5) is 10.8 Å². The van der Waals surface area contributed by atoms with Gasteiger partial charge in [-0.25, -0.2) is 4.98 Å². The number of carbonyl (C=O) groups is 1. The van der Waals surface area contributed by atoms with Crippen molar-refractivity contribution in [2.45, 2.75) is 39.7 Å². The molecule has 2 aromatic heterocycles. The largest absolute Gasteiger partial charge is 0.348 e. The van der Waals surface area contributed by atoms with Crippen molar-refractivity contribution < 1.29 is 4.79 Å². The Kier molecular flexibility index (Phi) is 5.43. The minimum Gasteiger partial charge on any atom is -0.348 e. The molecule has 1 saturated heterocycles. The second-order valence-electron chi connectivity index (χ2n) is 7.32. The molecule has 28 heavy (non-hydrogen) atoms. The molecule has 3 aromatic rings. The van der Waals surface area contributed by atoms with Gasteiger partial charge in [0.2, 0.25) is 0 Å². The molecule has 3 heterocycles. The lowest BCUT2D eigenvalue weighted by Gasteiger charge is -2.25. The van der Waals surface area contributed by atoms with Gasteiger partial charge in [-0.15, -0.1) is 11.3 Å². The van der Waals surface area contributed by atoms with E-state index in [1.807, 2.05) is 44.2 Å². The zero-order valence-corrected chi connectivity index (χ0v) is 17.1. The third kappa shape index (κ3) is 4.25. The summed E-state index contributed by atoms with van der Waals surface area (Å²) in [6, 6.07) is 9.60. The average Bonchev–Trinajstić information content (AvgIpc) is 3.31. The summed E-state index contributed by atoms with van der Waals surface area (Å²) in [6.07, 6.45) is 3.77. The second-order valence-corrected chi connectivity index (χ2v) is 8.15. The van der Waals surface area contributed by atoms with Gasteiger partial charge in [-0.2, -0.15) is 5.10 Å². The number of thiazole rings is 1. The molecule has 0 atom stereocenters. The molecule has 1 N–H and O–H groups in total. The number of hydrogen-bond acceptors (Lipinski definition) is 5. The molecule has 0 aliphatic carbocycles. The van der Waals surface area contributed by atoms with Gasteiger partial charge in [0, 0.05) is 24.2 Å². The number of hydrogen-bond donors (Lipinski definition) is 1. The standard InChI is InChI=1S/C21H25N5OS/c1-15-6-8-17(9-7-15)22-20(27)19-12-16(2)24-26(19)13-18-14-28-21(23-18)25-10-4-3-5-11-25/h6-9,12,14H,3-5,10-11,13H2,1-2H3,(H,22,27). The minimum absolute atomic E-state index is 0.157. The summed E-state index contributed by atoms with van der Waals surface area (Å²) in [5.41, 5.74) is 4.25. The molecule has 0 radical (unpaired) electrons. The minimum atomic E-state index is -0.157. The Balaban J connectivity index is 1.49. The highest BCUT2D eigenvalue weighted by atomic mass is 32.1. The van der Waals surface area contributed by atoms with Crippen molar-refractivity contribution in [3.05, 3.63) is 58.4 Å². The highest BCUT2D eigenvalue weighted by molar-refractivity contribution is 7.13. The molecule has 0 spiro atoms. The number of benzene rings is 1. The number of nitrogens with zero attached hydrogens (tertiary/aromatic N) is 4. The third-order valence-corrected chi connectivity index (χ3v) is 5.87. The fraction of sp³-hybridized carbons (Fsp3) is 0.381. The lowest BCUT2D eigenvalue weighted by Crippen LogP contribution is -2.29. The van der Waals surface area contributed by atoms with E-state index < -0.39 is 0 Å². The normalized spacial score (nSPS) is 14.3. The fourth-order valence-corrected chi connectivity index (χ4v) is 4.30. The number of carbonyl (C=O) groups excluding carboxylic acids is 1. The van der Waals surface area contributed by atoms with Crippen LogP contribution in [0.5, 0.6) is 0 Å². The average molecular weight is 396 g/mol. The molecule has 0 bridgehead atoms. The van der Waals surface area contributed by atoms with Crippen molar-refractivity contribution >= 4 is 28.1 Å². The Bertz CT molecular complexity index is 954. The van der Waals surface area contributed by atoms with E-state index in [9.17, 15) is 4.79 Å². The highest BCUT2D eigenvalue weighted by Gasteiger charge is 2.18. The maximum Gasteiger partial charge on any atom is 0.273 e. The van der Waals surface area contributed by atoms with Gasteiger partial charge in [-0.1, -0.05) is 17.7 Å². The molecule has 1 aromatic carbocycles. The maximum absolute atomic E-state index is 12.8. The van der Waals surface area contributed by atoms with Crippen LogP contribution in [0.15, 0.2) is 35.7 Å². The number of anilines is 2. The lowest BCUT2D eigenvalue weighted by molar-refractivity contribution is 0.101. The first-order valence-corrected chi connectivity index (χ1v) is 10.6. The summed E-state index contributed by atoms with van der Waals surface area (Å²) in [5, 5.41) is 10.6. The Hall–Kier alpha value is -2.67. The smallest absolute Gasteiger partial charge is 0.273 e. The van der Waals surface area contributed by atoms with E-state index in [1.165, 1.54) is 19.3 Å². The SMILES string of the molecule is Cc1ccc(NC(=O)c2cc(C)nn2Cc2csc(N3CCCCC3)n2)cc1. The Labute approximate surface area is 169 Å². The van der Waals surface area contributed by atoms with Crippen LogP contribution in [-0.2, 0) is 6.54 Å². The number of piperidine rings is 1. The number of amides is 1. The van der Waals surface area contributed by atoms with E-state index in [2.05, 4.69) is 20.7 Å². The summed E-state index contributed by atoms with van der Waals surface area (Å²) in [5.74, 6) is -0.157. The van der Waals surface area contributed by atoms with Gasteiger partial charge in [0.15, 0.2) is 5.13 Å². The van der Waals surface area contributed by atoms with Crippen LogP contribution in [0.2, 0.25) is 0 Å². The first kappa shape index (κ1) is 18.7. The van der Waals surface area contributed by atoms with Crippen molar-refractivity contribution in [2.75, 3.05) is 23.3 Å². The van der Waals surface area contributed by atoms with Crippen LogP contribution < -0.4 is 10.2 Å². The Morgan fingerprint density at radius 2 is 1.89 bits per heavy atom. The summed E-state index contributed by atoms with van der Waals surface area (Å²) in [4.78, 5) is 19.9. The Morgan fingerprint density at radius 1 is 1.14 bits per heavy atom. The molecular weight excluding hydrogens is 370 g/mol. The molecular formula is C21H25N5OS. The van der Waals surface area contributed by atoms with Crippen molar-refractivity contribution in [1.29, 1.82) is 0 Å². The van der Waals surface area contributed by atoms with E-state index in [4.69, 9.17) is 4.98 Å². The van der Waals surface area contributed by atoms with Crippen LogP contribution in [-0.4, -0.2) is 33.8 Å². The van der Waals surface area contributed by atoms with E-state index >= 15 is 0 Å². The van der Waals surface area contributed by atoms with Crippen LogP contribution in [0.3, 0.4) is 0 Å². The molecule has 1 amide bonds. The molecule has 146 valence electrons. The van der Waals surface area contributed by atoms with Crippen LogP contribution in [0, 0.1) is 13.8 Å². The van der Waals surface area contributed by atoms with Gasteiger partial charge >= 0.3 is 0 Å². The maximum atomic E-state index is 12.8. The van der Waals surface area contributed by atoms with Gasteiger partial charge < -0.3 is 10.2 Å². The van der Waals surface area contributed by atoms with Gasteiger partial charge in [0.1, 0.15) is 5.69 Å². The van der Waals surface area contributed by atoms with E-state index in [0.717, 1.165) is 40.9 Å². The summed E-state index contributed by atoms with van der Waals surface area (Å²) >= 11 is 1.67. The second kappa shape index (κ2) is 8.14. The third-order valence-electron chi connectivity index (χ3n) is 4.92. The zero-order valence-electron chi connectivity index (χ0n) is 16.3. The number of aryl methyl sites for hydroxylation is 2. The molecule has 4 rings (SSSR count). The zero-order chi connectivity index (χ0) is 19.5.